The van der Waals surface area contributed by atoms with Gasteiger partial charge in [0.1, 0.15) is 0 Å². The van der Waals surface area contributed by atoms with Gasteiger partial charge in [-0.2, -0.15) is 0 Å². The number of ether oxygens (including phenoxy) is 1. The van der Waals surface area contributed by atoms with E-state index in [0.717, 1.165) is 51.1 Å². The Kier molecular flexibility index (Phi) is 6.23. The van der Waals surface area contributed by atoms with E-state index in [-0.39, 0.29) is 17.4 Å². The predicted molar refractivity (Wildman–Crippen MR) is 116 cm³/mol. The monoisotopic (exact) mass is 412 g/mol. The molecule has 1 saturated heterocycles. The van der Waals surface area contributed by atoms with Gasteiger partial charge in [-0.05, 0) is 61.6 Å². The molecule has 2 aliphatic rings. The molecule has 4 nitrogen and oxygen atoms in total. The van der Waals surface area contributed by atoms with Gasteiger partial charge in [-0.15, -0.1) is 0 Å². The Hall–Kier alpha value is -1.88. The normalized spacial score (nSPS) is 19.1. The van der Waals surface area contributed by atoms with Crippen molar-refractivity contribution in [2.45, 2.75) is 44.3 Å². The lowest BCUT2D eigenvalue weighted by Crippen LogP contribution is -2.43. The van der Waals surface area contributed by atoms with Crippen LogP contribution in [0.3, 0.4) is 0 Å². The lowest BCUT2D eigenvalue weighted by atomic mass is 9.84. The molecule has 1 fully saturated rings. The zero-order valence-electron chi connectivity index (χ0n) is 17.0. The van der Waals surface area contributed by atoms with E-state index in [0.29, 0.717) is 11.6 Å². The number of nitrogens with one attached hydrogen (secondary N) is 1. The highest BCUT2D eigenvalue weighted by Gasteiger charge is 2.42. The molecule has 0 saturated carbocycles. The molecule has 2 aromatic rings. The Morgan fingerprint density at radius 1 is 1.17 bits per heavy atom. The third-order valence-corrected chi connectivity index (χ3v) is 6.64. The Morgan fingerprint density at radius 2 is 1.90 bits per heavy atom. The fraction of sp³-hybridized carbons (Fsp3) is 0.458. The summed E-state index contributed by atoms with van der Waals surface area (Å²) in [6.07, 6.45) is 3.05. The minimum atomic E-state index is -0.165. The van der Waals surface area contributed by atoms with Crippen LogP contribution >= 0.6 is 11.6 Å². The molecule has 2 aliphatic heterocycles. The maximum Gasteiger partial charge on any atom is 0.227 e. The van der Waals surface area contributed by atoms with Crippen molar-refractivity contribution in [1.82, 2.24) is 10.2 Å². The van der Waals surface area contributed by atoms with Gasteiger partial charge in [0.15, 0.2) is 0 Å². The van der Waals surface area contributed by atoms with Gasteiger partial charge < -0.3 is 15.0 Å². The summed E-state index contributed by atoms with van der Waals surface area (Å²) in [7, 11) is 0. The SMILES string of the molecule is CC(C(=O)NCCCN1CCC2(CC1)OCc1ccccc12)c1ccc(Cl)cc1. The van der Waals surface area contributed by atoms with Crippen molar-refractivity contribution >= 4 is 17.5 Å². The van der Waals surface area contributed by atoms with E-state index in [2.05, 4.69) is 34.5 Å². The summed E-state index contributed by atoms with van der Waals surface area (Å²) in [5, 5.41) is 3.76. The van der Waals surface area contributed by atoms with E-state index in [1.54, 1.807) is 0 Å². The number of fused-ring (bicyclic) bond motifs is 2. The van der Waals surface area contributed by atoms with Crippen LogP contribution < -0.4 is 5.32 Å². The number of nitrogens with zero attached hydrogens (tertiary/aromatic N) is 1. The molecule has 4 rings (SSSR count). The van der Waals surface area contributed by atoms with E-state index >= 15 is 0 Å². The van der Waals surface area contributed by atoms with Crippen molar-refractivity contribution in [3.63, 3.8) is 0 Å². The van der Waals surface area contributed by atoms with Gasteiger partial charge in [-0.1, -0.05) is 48.0 Å². The lowest BCUT2D eigenvalue weighted by Gasteiger charge is -2.39. The molecule has 5 heteroatoms. The van der Waals surface area contributed by atoms with Crippen LogP contribution in [0.2, 0.25) is 5.02 Å². The summed E-state index contributed by atoms with van der Waals surface area (Å²) in [5.41, 5.74) is 3.65. The quantitative estimate of drug-likeness (QED) is 0.711. The maximum atomic E-state index is 12.4. The lowest BCUT2D eigenvalue weighted by molar-refractivity contribution is -0.122. The maximum absolute atomic E-state index is 12.4. The minimum Gasteiger partial charge on any atom is -0.365 e. The zero-order valence-corrected chi connectivity index (χ0v) is 17.8. The van der Waals surface area contributed by atoms with Crippen molar-refractivity contribution in [1.29, 1.82) is 0 Å². The fourth-order valence-electron chi connectivity index (χ4n) is 4.51. The van der Waals surface area contributed by atoms with E-state index in [1.807, 2.05) is 31.2 Å². The minimum absolute atomic E-state index is 0.0703. The summed E-state index contributed by atoms with van der Waals surface area (Å²) in [6, 6.07) is 16.1. The van der Waals surface area contributed by atoms with E-state index in [4.69, 9.17) is 16.3 Å². The zero-order chi connectivity index (χ0) is 20.3. The van der Waals surface area contributed by atoms with Crippen LogP contribution in [0, 0.1) is 0 Å². The van der Waals surface area contributed by atoms with Crippen molar-refractivity contribution in [2.24, 2.45) is 0 Å². The summed E-state index contributed by atoms with van der Waals surface area (Å²) >= 11 is 5.92. The molecule has 154 valence electrons. The van der Waals surface area contributed by atoms with Crippen LogP contribution in [0.1, 0.15) is 48.8 Å². The molecule has 0 aliphatic carbocycles. The van der Waals surface area contributed by atoms with E-state index < -0.39 is 0 Å². The first-order chi connectivity index (χ1) is 14.1. The van der Waals surface area contributed by atoms with Gasteiger partial charge in [-0.3, -0.25) is 4.79 Å². The predicted octanol–water partition coefficient (Wildman–Crippen LogP) is 4.47. The molecular formula is C24H29ClN2O2. The fourth-order valence-corrected chi connectivity index (χ4v) is 4.63. The smallest absolute Gasteiger partial charge is 0.227 e. The molecule has 1 spiro atoms. The topological polar surface area (TPSA) is 41.6 Å². The number of halogens is 1. The van der Waals surface area contributed by atoms with Gasteiger partial charge in [0.2, 0.25) is 5.91 Å². The molecular weight excluding hydrogens is 384 g/mol. The number of likely N-dealkylation sites (tertiary alicyclic amines) is 1. The standard InChI is InChI=1S/C24H29ClN2O2/c1-18(19-7-9-21(25)10-8-19)23(28)26-13-4-14-27-15-11-24(12-16-27)22-6-3-2-5-20(22)17-29-24/h2-3,5-10,18H,4,11-17H2,1H3,(H,26,28). The van der Waals surface area contributed by atoms with Gasteiger partial charge in [0, 0.05) is 24.7 Å². The molecule has 1 amide bonds. The summed E-state index contributed by atoms with van der Waals surface area (Å²) < 4.78 is 6.24. The molecule has 1 unspecified atom stereocenters. The van der Waals surface area contributed by atoms with Gasteiger partial charge in [-0.25, -0.2) is 0 Å². The van der Waals surface area contributed by atoms with Crippen molar-refractivity contribution in [3.8, 4) is 0 Å². The first kappa shape index (κ1) is 20.4. The summed E-state index contributed by atoms with van der Waals surface area (Å²) in [6.45, 7) is 6.48. The Labute approximate surface area is 178 Å². The third kappa shape index (κ3) is 4.50. The largest absolute Gasteiger partial charge is 0.365 e. The van der Waals surface area contributed by atoms with Crippen LogP contribution in [0.25, 0.3) is 0 Å². The van der Waals surface area contributed by atoms with Crippen LogP contribution in [0.4, 0.5) is 0 Å². The number of rotatable bonds is 6. The number of hydrogen-bond acceptors (Lipinski definition) is 3. The average molecular weight is 413 g/mol. The Morgan fingerprint density at radius 3 is 2.66 bits per heavy atom. The number of amides is 1. The van der Waals surface area contributed by atoms with Gasteiger partial charge in [0.05, 0.1) is 18.1 Å². The van der Waals surface area contributed by atoms with E-state index in [9.17, 15) is 4.79 Å². The molecule has 0 aromatic heterocycles. The second kappa shape index (κ2) is 8.86. The number of hydrogen-bond donors (Lipinski definition) is 1. The molecule has 1 N–H and O–H groups in total. The summed E-state index contributed by atoms with van der Waals surface area (Å²) in [4.78, 5) is 14.9. The van der Waals surface area contributed by atoms with Gasteiger partial charge >= 0.3 is 0 Å². The number of carbonyl (C=O) groups excluding carboxylic acids is 1. The molecule has 1 atom stereocenters. The third-order valence-electron chi connectivity index (χ3n) is 6.39. The van der Waals surface area contributed by atoms with Crippen LogP contribution in [0.15, 0.2) is 48.5 Å². The van der Waals surface area contributed by atoms with Crippen LogP contribution in [0.5, 0.6) is 0 Å². The second-order valence-electron chi connectivity index (χ2n) is 8.20. The molecule has 0 bridgehead atoms. The molecule has 2 heterocycles. The first-order valence-corrected chi connectivity index (χ1v) is 10.9. The first-order valence-electron chi connectivity index (χ1n) is 10.6. The highest BCUT2D eigenvalue weighted by Crippen LogP contribution is 2.43. The summed E-state index contributed by atoms with van der Waals surface area (Å²) in [5.74, 6) is -0.0948. The van der Waals surface area contributed by atoms with E-state index in [1.165, 1.54) is 11.1 Å². The highest BCUT2D eigenvalue weighted by atomic mass is 35.5. The van der Waals surface area contributed by atoms with Gasteiger partial charge in [0.25, 0.3) is 0 Å². The Balaban J connectivity index is 1.19. The molecule has 0 radical (unpaired) electrons. The molecule has 2 aromatic carbocycles. The van der Waals surface area contributed by atoms with Crippen molar-refractivity contribution in [2.75, 3.05) is 26.2 Å². The second-order valence-corrected chi connectivity index (χ2v) is 8.64. The van der Waals surface area contributed by atoms with Crippen LogP contribution in [-0.2, 0) is 21.7 Å². The highest BCUT2D eigenvalue weighted by molar-refractivity contribution is 6.30. The average Bonchev–Trinajstić information content (AvgIpc) is 3.11. The van der Waals surface area contributed by atoms with Crippen LogP contribution in [-0.4, -0.2) is 37.0 Å². The number of carbonyl (C=O) groups is 1. The van der Waals surface area contributed by atoms with Crippen molar-refractivity contribution in [3.05, 3.63) is 70.2 Å². The Bertz CT molecular complexity index is 844. The molecule has 29 heavy (non-hydrogen) atoms. The number of piperidine rings is 1. The number of benzene rings is 2. The van der Waals surface area contributed by atoms with Crippen molar-refractivity contribution < 1.29 is 9.53 Å².